The van der Waals surface area contributed by atoms with E-state index < -0.39 is 12.6 Å². The monoisotopic (exact) mass is 262 g/mol. The van der Waals surface area contributed by atoms with Gasteiger partial charge in [0.05, 0.1) is 0 Å². The molecule has 4 N–H and O–H groups in total. The van der Waals surface area contributed by atoms with Crippen molar-refractivity contribution < 1.29 is 25.2 Å². The van der Waals surface area contributed by atoms with E-state index in [9.17, 15) is 20.4 Å². The van der Waals surface area contributed by atoms with Gasteiger partial charge < -0.3 is 25.2 Å². The first-order chi connectivity index (χ1) is 9.09. The molecule has 0 radical (unpaired) electrons. The molecule has 5 nitrogen and oxygen atoms in total. The number of benzene rings is 2. The Hall–Kier alpha value is -2.08. The van der Waals surface area contributed by atoms with E-state index in [1.165, 1.54) is 24.3 Å². The van der Waals surface area contributed by atoms with Crippen LogP contribution in [-0.2, 0) is 4.74 Å². The first-order valence-corrected chi connectivity index (χ1v) is 5.67. The number of hydrogen-bond donors (Lipinski definition) is 4. The van der Waals surface area contributed by atoms with Gasteiger partial charge in [0.25, 0.3) is 0 Å². The van der Waals surface area contributed by atoms with Crippen LogP contribution in [0.2, 0.25) is 0 Å². The van der Waals surface area contributed by atoms with Crippen molar-refractivity contribution in [3.8, 4) is 11.5 Å². The van der Waals surface area contributed by atoms with Gasteiger partial charge in [0.1, 0.15) is 11.5 Å². The minimum atomic E-state index is -1.50. The lowest BCUT2D eigenvalue weighted by Gasteiger charge is -2.18. The van der Waals surface area contributed by atoms with Gasteiger partial charge in [-0.3, -0.25) is 0 Å². The van der Waals surface area contributed by atoms with Crippen LogP contribution in [0, 0.1) is 0 Å². The standard InChI is InChI=1S/C14H14O5/c15-11-7-3-1-5-9(11)13(17)19-14(18)10-6-2-4-8-12(10)16/h1-8,13-18H. The third-order valence-corrected chi connectivity index (χ3v) is 2.66. The average molecular weight is 262 g/mol. The number of ether oxygens (including phenoxy) is 1. The Morgan fingerprint density at radius 3 is 1.42 bits per heavy atom. The maximum absolute atomic E-state index is 9.80. The van der Waals surface area contributed by atoms with E-state index in [2.05, 4.69) is 0 Å². The topological polar surface area (TPSA) is 90.2 Å². The first kappa shape index (κ1) is 13.4. The van der Waals surface area contributed by atoms with Crippen molar-refractivity contribution in [2.45, 2.75) is 12.6 Å². The maximum Gasteiger partial charge on any atom is 0.188 e. The van der Waals surface area contributed by atoms with Gasteiger partial charge in [0, 0.05) is 11.1 Å². The molecule has 0 saturated heterocycles. The number of hydrogen-bond acceptors (Lipinski definition) is 5. The Balaban J connectivity index is 2.13. The Labute approximate surface area is 110 Å². The molecule has 2 aromatic carbocycles. The van der Waals surface area contributed by atoms with Gasteiger partial charge in [-0.15, -0.1) is 0 Å². The molecule has 0 fully saturated rings. The zero-order chi connectivity index (χ0) is 13.8. The van der Waals surface area contributed by atoms with Crippen LogP contribution in [-0.4, -0.2) is 20.4 Å². The summed E-state index contributed by atoms with van der Waals surface area (Å²) in [5.41, 5.74) is 0.272. The average Bonchev–Trinajstić information content (AvgIpc) is 2.39. The van der Waals surface area contributed by atoms with Crippen molar-refractivity contribution in [2.75, 3.05) is 0 Å². The van der Waals surface area contributed by atoms with Gasteiger partial charge in [-0.2, -0.15) is 0 Å². The van der Waals surface area contributed by atoms with Crippen LogP contribution < -0.4 is 0 Å². The second kappa shape index (κ2) is 5.71. The van der Waals surface area contributed by atoms with Gasteiger partial charge in [-0.05, 0) is 12.1 Å². The lowest BCUT2D eigenvalue weighted by atomic mass is 10.2. The van der Waals surface area contributed by atoms with Crippen LogP contribution >= 0.6 is 0 Å². The summed E-state index contributed by atoms with van der Waals surface area (Å²) >= 11 is 0. The van der Waals surface area contributed by atoms with Gasteiger partial charge in [-0.1, -0.05) is 36.4 Å². The highest BCUT2D eigenvalue weighted by atomic mass is 16.7. The van der Waals surface area contributed by atoms with Crippen LogP contribution in [0.25, 0.3) is 0 Å². The second-order valence-corrected chi connectivity index (χ2v) is 3.96. The van der Waals surface area contributed by atoms with Crippen molar-refractivity contribution in [2.24, 2.45) is 0 Å². The molecule has 19 heavy (non-hydrogen) atoms. The minimum absolute atomic E-state index is 0.136. The fourth-order valence-corrected chi connectivity index (χ4v) is 1.66. The molecule has 0 amide bonds. The normalized spacial score (nSPS) is 14.0. The largest absolute Gasteiger partial charge is 0.507 e. The van der Waals surface area contributed by atoms with Gasteiger partial charge in [0.15, 0.2) is 12.6 Å². The molecule has 100 valence electrons. The highest BCUT2D eigenvalue weighted by molar-refractivity contribution is 5.34. The van der Waals surface area contributed by atoms with Crippen molar-refractivity contribution in [1.82, 2.24) is 0 Å². The van der Waals surface area contributed by atoms with Crippen LogP contribution in [0.3, 0.4) is 0 Å². The van der Waals surface area contributed by atoms with E-state index in [1.807, 2.05) is 0 Å². The summed E-state index contributed by atoms with van der Waals surface area (Å²) < 4.78 is 4.98. The number of phenols is 2. The smallest absolute Gasteiger partial charge is 0.188 e. The number of aliphatic hydroxyl groups excluding tert-OH is 2. The number of aliphatic hydroxyl groups is 2. The summed E-state index contributed by atoms with van der Waals surface area (Å²) in [5, 5.41) is 38.7. The SMILES string of the molecule is Oc1ccccc1C(O)OC(O)c1ccccc1O. The third-order valence-electron chi connectivity index (χ3n) is 2.66. The minimum Gasteiger partial charge on any atom is -0.507 e. The molecular weight excluding hydrogens is 248 g/mol. The summed E-state index contributed by atoms with van der Waals surface area (Å²) in [6.07, 6.45) is -3.01. The predicted molar refractivity (Wildman–Crippen MR) is 67.2 cm³/mol. The van der Waals surface area contributed by atoms with Gasteiger partial charge in [0.2, 0.25) is 0 Å². The van der Waals surface area contributed by atoms with Crippen molar-refractivity contribution in [3.63, 3.8) is 0 Å². The molecule has 0 bridgehead atoms. The van der Waals surface area contributed by atoms with E-state index in [-0.39, 0.29) is 22.6 Å². The summed E-state index contributed by atoms with van der Waals surface area (Å²) in [6, 6.07) is 12.2. The van der Waals surface area contributed by atoms with Crippen LogP contribution in [0.5, 0.6) is 11.5 Å². The van der Waals surface area contributed by atoms with Crippen molar-refractivity contribution in [3.05, 3.63) is 59.7 Å². The van der Waals surface area contributed by atoms with E-state index in [4.69, 9.17) is 4.74 Å². The number of rotatable bonds is 4. The van der Waals surface area contributed by atoms with E-state index in [0.29, 0.717) is 0 Å². The number of phenolic OH excluding ortho intramolecular Hbond substituents is 2. The zero-order valence-corrected chi connectivity index (χ0v) is 9.97. The molecule has 2 atom stereocenters. The Bertz CT molecular complexity index is 506. The first-order valence-electron chi connectivity index (χ1n) is 5.67. The molecule has 0 spiro atoms. The van der Waals surface area contributed by atoms with Crippen molar-refractivity contribution >= 4 is 0 Å². The summed E-state index contributed by atoms with van der Waals surface area (Å²) in [5.74, 6) is -0.279. The quantitative estimate of drug-likeness (QED) is 0.631. The second-order valence-electron chi connectivity index (χ2n) is 3.96. The molecule has 2 aromatic rings. The zero-order valence-electron chi connectivity index (χ0n) is 9.97. The lowest BCUT2D eigenvalue weighted by Crippen LogP contribution is -2.10. The summed E-state index contributed by atoms with van der Waals surface area (Å²) in [4.78, 5) is 0. The predicted octanol–water partition coefficient (Wildman–Crippen LogP) is 1.80. The molecule has 2 rings (SSSR count). The Kier molecular flexibility index (Phi) is 4.01. The molecule has 0 heterocycles. The molecule has 0 aliphatic rings. The van der Waals surface area contributed by atoms with Gasteiger partial charge >= 0.3 is 0 Å². The van der Waals surface area contributed by atoms with Gasteiger partial charge in [-0.25, -0.2) is 0 Å². The summed E-state index contributed by atoms with van der Waals surface area (Å²) in [6.45, 7) is 0. The van der Waals surface area contributed by atoms with Crippen molar-refractivity contribution in [1.29, 1.82) is 0 Å². The molecular formula is C14H14O5. The lowest BCUT2D eigenvalue weighted by molar-refractivity contribution is -0.216. The third kappa shape index (κ3) is 3.03. The fourth-order valence-electron chi connectivity index (χ4n) is 1.66. The molecule has 0 aliphatic heterocycles. The van der Waals surface area contributed by atoms with E-state index >= 15 is 0 Å². The molecule has 5 heteroatoms. The Morgan fingerprint density at radius 2 is 1.05 bits per heavy atom. The van der Waals surface area contributed by atoms with E-state index in [1.54, 1.807) is 24.3 Å². The molecule has 0 saturated carbocycles. The maximum atomic E-state index is 9.80. The highest BCUT2D eigenvalue weighted by Crippen LogP contribution is 2.31. The fraction of sp³-hybridized carbons (Fsp3) is 0.143. The van der Waals surface area contributed by atoms with Crippen LogP contribution in [0.1, 0.15) is 23.7 Å². The number of para-hydroxylation sites is 2. The molecule has 0 aliphatic carbocycles. The molecule has 2 unspecified atom stereocenters. The molecule has 0 aromatic heterocycles. The Morgan fingerprint density at radius 1 is 0.684 bits per heavy atom. The van der Waals surface area contributed by atoms with E-state index in [0.717, 1.165) is 0 Å². The van der Waals surface area contributed by atoms with Crippen LogP contribution in [0.4, 0.5) is 0 Å². The highest BCUT2D eigenvalue weighted by Gasteiger charge is 2.19. The summed E-state index contributed by atoms with van der Waals surface area (Å²) in [7, 11) is 0. The number of aromatic hydroxyl groups is 2. The van der Waals surface area contributed by atoms with Crippen LogP contribution in [0.15, 0.2) is 48.5 Å².